The number of hydrogen-bond donors (Lipinski definition) is 1. The highest BCUT2D eigenvalue weighted by Gasteiger charge is 2.36. The van der Waals surface area contributed by atoms with Crippen molar-refractivity contribution in [2.24, 2.45) is 11.8 Å². The van der Waals surface area contributed by atoms with Crippen molar-refractivity contribution in [1.82, 2.24) is 10.2 Å². The lowest BCUT2D eigenvalue weighted by Crippen LogP contribution is -2.51. The molecule has 3 rings (SSSR count). The summed E-state index contributed by atoms with van der Waals surface area (Å²) in [5.41, 5.74) is 0. The number of nitrogens with one attached hydrogen (secondary N) is 1. The van der Waals surface area contributed by atoms with Crippen molar-refractivity contribution in [2.75, 3.05) is 32.8 Å². The zero-order valence-corrected chi connectivity index (χ0v) is 15.5. The van der Waals surface area contributed by atoms with Crippen LogP contribution < -0.4 is 5.32 Å². The lowest BCUT2D eigenvalue weighted by atomic mass is 10.0. The van der Waals surface area contributed by atoms with Crippen LogP contribution in [-0.4, -0.2) is 49.7 Å². The summed E-state index contributed by atoms with van der Waals surface area (Å²) >= 11 is 0. The minimum atomic E-state index is -0.0725. The van der Waals surface area contributed by atoms with E-state index in [0.29, 0.717) is 24.4 Å². The molecule has 0 unspecified atom stereocenters. The van der Waals surface area contributed by atoms with Gasteiger partial charge in [-0.2, -0.15) is 0 Å². The Balaban J connectivity index is 1.48. The first-order chi connectivity index (χ1) is 12.0. The van der Waals surface area contributed by atoms with Gasteiger partial charge in [0.25, 0.3) is 0 Å². The fourth-order valence-corrected chi connectivity index (χ4v) is 3.49. The molecule has 0 radical (unpaired) electrons. The smallest absolute Gasteiger partial charge is 0.244 e. The number of carbonyl (C=O) groups excluding carboxylic acids is 1. The van der Waals surface area contributed by atoms with Crippen molar-refractivity contribution in [2.45, 2.75) is 39.2 Å². The molecular weight excluding hydrogens is 316 g/mol. The number of rotatable bonds is 7. The summed E-state index contributed by atoms with van der Waals surface area (Å²) in [5, 5.41) is 3.03. The third-order valence-corrected chi connectivity index (χ3v) is 5.29. The summed E-state index contributed by atoms with van der Waals surface area (Å²) in [6, 6.07) is 4.31. The Morgan fingerprint density at radius 1 is 1.36 bits per heavy atom. The van der Waals surface area contributed by atoms with Gasteiger partial charge in [0, 0.05) is 37.7 Å². The maximum atomic E-state index is 12.1. The molecule has 1 aliphatic heterocycles. The molecule has 138 valence electrons. The number of nitrogens with zero attached hydrogens (tertiary/aromatic N) is 1. The van der Waals surface area contributed by atoms with Crippen molar-refractivity contribution in [3.63, 3.8) is 0 Å². The van der Waals surface area contributed by atoms with Crippen LogP contribution in [0.1, 0.15) is 44.6 Å². The van der Waals surface area contributed by atoms with E-state index in [1.54, 1.807) is 12.2 Å². The highest BCUT2D eigenvalue weighted by Crippen LogP contribution is 2.47. The highest BCUT2D eigenvalue weighted by atomic mass is 16.5. The summed E-state index contributed by atoms with van der Waals surface area (Å²) < 4.78 is 11.2. The normalized spacial score (nSPS) is 25.4. The molecule has 1 N–H and O–H groups in total. The van der Waals surface area contributed by atoms with Crippen LogP contribution in [0.15, 0.2) is 22.6 Å². The third kappa shape index (κ3) is 4.95. The van der Waals surface area contributed by atoms with Crippen LogP contribution in [0.4, 0.5) is 0 Å². The minimum absolute atomic E-state index is 0.0725. The Kier molecular flexibility index (Phi) is 5.97. The molecule has 25 heavy (non-hydrogen) atoms. The maximum Gasteiger partial charge on any atom is 0.244 e. The largest absolute Gasteiger partial charge is 0.461 e. The van der Waals surface area contributed by atoms with E-state index in [9.17, 15) is 4.79 Å². The molecule has 2 heterocycles. The van der Waals surface area contributed by atoms with Crippen LogP contribution >= 0.6 is 0 Å². The van der Waals surface area contributed by atoms with Crippen LogP contribution in [0, 0.1) is 11.8 Å². The molecule has 0 aromatic carbocycles. The second-order valence-electron chi connectivity index (χ2n) is 7.60. The molecule has 1 aromatic heterocycles. The van der Waals surface area contributed by atoms with Gasteiger partial charge >= 0.3 is 0 Å². The van der Waals surface area contributed by atoms with Gasteiger partial charge in [-0.05, 0) is 36.5 Å². The average molecular weight is 346 g/mol. The highest BCUT2D eigenvalue weighted by molar-refractivity contribution is 5.91. The predicted octanol–water partition coefficient (Wildman–Crippen LogP) is 2.89. The SMILES string of the molecule is CC(C)[C@H](CNC(=O)/C=C/c1ccc([C@H]2C[C@@H]2C)o1)N1CCOCC1. The average Bonchev–Trinajstić information content (AvgIpc) is 3.15. The van der Waals surface area contributed by atoms with Crippen molar-refractivity contribution in [3.8, 4) is 0 Å². The molecule has 1 amide bonds. The molecule has 3 atom stereocenters. The Morgan fingerprint density at radius 3 is 2.72 bits per heavy atom. The van der Waals surface area contributed by atoms with E-state index in [4.69, 9.17) is 9.15 Å². The van der Waals surface area contributed by atoms with Crippen LogP contribution in [-0.2, 0) is 9.53 Å². The summed E-state index contributed by atoms with van der Waals surface area (Å²) in [5.74, 6) is 3.49. The molecule has 1 aliphatic carbocycles. The van der Waals surface area contributed by atoms with E-state index in [0.717, 1.165) is 43.7 Å². The van der Waals surface area contributed by atoms with Gasteiger partial charge in [-0.1, -0.05) is 20.8 Å². The van der Waals surface area contributed by atoms with Gasteiger partial charge < -0.3 is 14.5 Å². The Bertz CT molecular complexity index is 602. The summed E-state index contributed by atoms with van der Waals surface area (Å²) in [7, 11) is 0. The van der Waals surface area contributed by atoms with Crippen molar-refractivity contribution >= 4 is 12.0 Å². The molecular formula is C20H30N2O3. The molecule has 5 heteroatoms. The van der Waals surface area contributed by atoms with Gasteiger partial charge in [0.1, 0.15) is 11.5 Å². The van der Waals surface area contributed by atoms with Gasteiger partial charge in [-0.15, -0.1) is 0 Å². The lowest BCUT2D eigenvalue weighted by Gasteiger charge is -2.36. The maximum absolute atomic E-state index is 12.1. The molecule has 2 fully saturated rings. The zero-order chi connectivity index (χ0) is 17.8. The standard InChI is InChI=1S/C20H30N2O3/c1-14(2)18(22-8-10-24-11-9-22)13-21-20(23)7-5-16-4-6-19(25-16)17-12-15(17)3/h4-7,14-15,17-18H,8-13H2,1-3H3,(H,21,23)/b7-5+/t15-,17-,18-/m0/s1. The molecule has 0 bridgehead atoms. The number of morpholine rings is 1. The summed E-state index contributed by atoms with van der Waals surface area (Å²) in [6.07, 6.45) is 4.52. The molecule has 1 aromatic rings. The molecule has 1 saturated carbocycles. The van der Waals surface area contributed by atoms with Crippen LogP contribution in [0.5, 0.6) is 0 Å². The first-order valence-electron chi connectivity index (χ1n) is 9.42. The van der Waals surface area contributed by atoms with Gasteiger partial charge in [0.15, 0.2) is 0 Å². The lowest BCUT2D eigenvalue weighted by molar-refractivity contribution is -0.116. The number of furan rings is 1. The van der Waals surface area contributed by atoms with E-state index < -0.39 is 0 Å². The second-order valence-corrected chi connectivity index (χ2v) is 7.60. The van der Waals surface area contributed by atoms with Gasteiger partial charge in [0.05, 0.1) is 13.2 Å². The zero-order valence-electron chi connectivity index (χ0n) is 15.5. The number of hydrogen-bond acceptors (Lipinski definition) is 4. The van der Waals surface area contributed by atoms with E-state index >= 15 is 0 Å². The van der Waals surface area contributed by atoms with E-state index in [1.165, 1.54) is 6.42 Å². The van der Waals surface area contributed by atoms with Crippen molar-refractivity contribution in [1.29, 1.82) is 0 Å². The first-order valence-corrected chi connectivity index (χ1v) is 9.42. The third-order valence-electron chi connectivity index (χ3n) is 5.29. The number of carbonyl (C=O) groups is 1. The summed E-state index contributed by atoms with van der Waals surface area (Å²) in [4.78, 5) is 14.6. The Labute approximate surface area is 150 Å². The van der Waals surface area contributed by atoms with Crippen LogP contribution in [0.25, 0.3) is 6.08 Å². The summed E-state index contributed by atoms with van der Waals surface area (Å²) in [6.45, 7) is 10.7. The van der Waals surface area contributed by atoms with E-state index in [1.807, 2.05) is 12.1 Å². The monoisotopic (exact) mass is 346 g/mol. The van der Waals surface area contributed by atoms with Crippen LogP contribution in [0.2, 0.25) is 0 Å². The number of ether oxygens (including phenoxy) is 1. The molecule has 2 aliphatic rings. The minimum Gasteiger partial charge on any atom is -0.461 e. The van der Waals surface area contributed by atoms with Crippen molar-refractivity contribution < 1.29 is 13.9 Å². The van der Waals surface area contributed by atoms with Gasteiger partial charge in [0.2, 0.25) is 5.91 Å². The fourth-order valence-electron chi connectivity index (χ4n) is 3.49. The number of amides is 1. The van der Waals surface area contributed by atoms with E-state index in [2.05, 4.69) is 31.0 Å². The van der Waals surface area contributed by atoms with E-state index in [-0.39, 0.29) is 5.91 Å². The molecule has 5 nitrogen and oxygen atoms in total. The topological polar surface area (TPSA) is 54.7 Å². The second kappa shape index (κ2) is 8.19. The van der Waals surface area contributed by atoms with Gasteiger partial charge in [-0.3, -0.25) is 9.69 Å². The van der Waals surface area contributed by atoms with Crippen molar-refractivity contribution in [3.05, 3.63) is 29.7 Å². The van der Waals surface area contributed by atoms with Gasteiger partial charge in [-0.25, -0.2) is 0 Å². The Hall–Kier alpha value is -1.59. The van der Waals surface area contributed by atoms with Crippen LogP contribution in [0.3, 0.4) is 0 Å². The molecule has 0 spiro atoms. The fraction of sp³-hybridized carbons (Fsp3) is 0.650. The first kappa shape index (κ1) is 18.2. The Morgan fingerprint density at radius 2 is 2.08 bits per heavy atom. The molecule has 1 saturated heterocycles. The quantitative estimate of drug-likeness (QED) is 0.772. The predicted molar refractivity (Wildman–Crippen MR) is 98.3 cm³/mol.